The van der Waals surface area contributed by atoms with E-state index in [2.05, 4.69) is 0 Å². The number of amides is 3. The predicted molar refractivity (Wildman–Crippen MR) is 58.5 cm³/mol. The molecule has 0 atom stereocenters. The number of carboxylic acid groups (broad SMARTS) is 1. The molecule has 20 heavy (non-hydrogen) atoms. The van der Waals surface area contributed by atoms with Crippen LogP contribution >= 0.6 is 0 Å². The minimum Gasteiger partial charge on any atom is -0.481 e. The van der Waals surface area contributed by atoms with Gasteiger partial charge in [0.15, 0.2) is 0 Å². The summed E-state index contributed by atoms with van der Waals surface area (Å²) < 4.78 is 48.5. The van der Waals surface area contributed by atoms with Crippen LogP contribution in [-0.2, 0) is 9.59 Å². The molecule has 0 aromatic rings. The van der Waals surface area contributed by atoms with Crippen molar-refractivity contribution in [3.05, 3.63) is 0 Å². The number of urea groups is 1. The maximum absolute atomic E-state index is 12.5. The largest absolute Gasteiger partial charge is 0.481 e. The summed E-state index contributed by atoms with van der Waals surface area (Å²) >= 11 is 0. The van der Waals surface area contributed by atoms with Crippen molar-refractivity contribution in [2.24, 2.45) is 5.41 Å². The molecule has 0 saturated carbocycles. The monoisotopic (exact) mass is 302 g/mol. The maximum atomic E-state index is 12.5. The summed E-state index contributed by atoms with van der Waals surface area (Å²) in [7, 11) is 0. The lowest BCUT2D eigenvalue weighted by molar-refractivity contribution is -0.149. The highest BCUT2D eigenvalue weighted by Gasteiger charge is 2.41. The van der Waals surface area contributed by atoms with Crippen LogP contribution in [0.25, 0.3) is 0 Å². The van der Waals surface area contributed by atoms with Gasteiger partial charge in [0, 0.05) is 6.42 Å². The average molecular weight is 302 g/mol. The smallest absolute Gasteiger partial charge is 0.324 e. The van der Waals surface area contributed by atoms with E-state index in [0.717, 1.165) is 0 Å². The Kier molecular flexibility index (Phi) is 5.92. The van der Waals surface area contributed by atoms with Crippen LogP contribution in [0.4, 0.5) is 22.4 Å². The Balaban J connectivity index is 4.29. The van der Waals surface area contributed by atoms with Crippen LogP contribution in [0.5, 0.6) is 0 Å². The Bertz CT molecular complexity index is 399. The third kappa shape index (κ3) is 5.85. The lowest BCUT2D eigenvalue weighted by Gasteiger charge is -2.19. The highest BCUT2D eigenvalue weighted by molar-refractivity contribution is 5.96. The van der Waals surface area contributed by atoms with E-state index < -0.39 is 48.6 Å². The first-order chi connectivity index (χ1) is 8.88. The summed E-state index contributed by atoms with van der Waals surface area (Å²) in [6.07, 6.45) is -4.54. The Morgan fingerprint density at radius 2 is 1.70 bits per heavy atom. The molecule has 0 aliphatic heterocycles. The molecule has 0 aliphatic carbocycles. The number of hydrogen-bond donors (Lipinski definition) is 3. The highest BCUT2D eigenvalue weighted by Crippen LogP contribution is 2.21. The van der Waals surface area contributed by atoms with Crippen LogP contribution in [0, 0.1) is 5.41 Å². The Morgan fingerprint density at radius 1 is 1.20 bits per heavy atom. The second kappa shape index (κ2) is 6.53. The van der Waals surface area contributed by atoms with Gasteiger partial charge in [-0.3, -0.25) is 14.9 Å². The zero-order chi connectivity index (χ0) is 16.1. The van der Waals surface area contributed by atoms with Gasteiger partial charge in [0.2, 0.25) is 5.91 Å². The first-order valence-electron chi connectivity index (χ1n) is 5.35. The summed E-state index contributed by atoms with van der Waals surface area (Å²) in [5.74, 6) is -6.74. The minimum absolute atomic E-state index is 0.582. The van der Waals surface area contributed by atoms with Crippen LogP contribution in [0.3, 0.4) is 0 Å². The molecular weight excluding hydrogens is 288 g/mol. The van der Waals surface area contributed by atoms with Crippen molar-refractivity contribution in [1.82, 2.24) is 10.6 Å². The molecule has 0 spiro atoms. The average Bonchev–Trinajstić information content (AvgIpc) is 2.25. The van der Waals surface area contributed by atoms with Crippen molar-refractivity contribution in [2.75, 3.05) is 6.54 Å². The van der Waals surface area contributed by atoms with Crippen molar-refractivity contribution in [3.63, 3.8) is 0 Å². The van der Waals surface area contributed by atoms with E-state index in [9.17, 15) is 31.9 Å². The minimum atomic E-state index is -4.42. The summed E-state index contributed by atoms with van der Waals surface area (Å²) in [5.41, 5.74) is -1.46. The van der Waals surface area contributed by atoms with Gasteiger partial charge in [0.1, 0.15) is 0 Å². The Morgan fingerprint density at radius 3 is 2.10 bits per heavy atom. The second-order valence-corrected chi connectivity index (χ2v) is 4.66. The highest BCUT2D eigenvalue weighted by atomic mass is 19.3. The molecule has 6 nitrogen and oxygen atoms in total. The molecule has 0 bridgehead atoms. The van der Waals surface area contributed by atoms with Crippen LogP contribution in [0.2, 0.25) is 0 Å². The summed E-state index contributed by atoms with van der Waals surface area (Å²) in [6.45, 7) is 0.793. The molecule has 3 amide bonds. The third-order valence-electron chi connectivity index (χ3n) is 2.24. The van der Waals surface area contributed by atoms with Crippen molar-refractivity contribution >= 4 is 17.9 Å². The van der Waals surface area contributed by atoms with E-state index in [0.29, 0.717) is 0 Å². The van der Waals surface area contributed by atoms with Gasteiger partial charge in [0.05, 0.1) is 12.0 Å². The second-order valence-electron chi connectivity index (χ2n) is 4.66. The molecule has 0 rings (SSSR count). The van der Waals surface area contributed by atoms with Gasteiger partial charge in [-0.15, -0.1) is 0 Å². The number of alkyl halides is 4. The molecule has 0 saturated heterocycles. The molecule has 0 unspecified atom stereocenters. The number of imide groups is 1. The van der Waals surface area contributed by atoms with Gasteiger partial charge in [-0.05, 0) is 13.8 Å². The maximum Gasteiger partial charge on any atom is 0.324 e. The summed E-state index contributed by atoms with van der Waals surface area (Å²) in [5, 5.41) is 11.7. The van der Waals surface area contributed by atoms with Crippen molar-refractivity contribution < 1.29 is 37.1 Å². The lowest BCUT2D eigenvalue weighted by Crippen LogP contribution is -2.47. The molecule has 0 heterocycles. The molecule has 0 aliphatic rings. The van der Waals surface area contributed by atoms with Gasteiger partial charge < -0.3 is 10.4 Å². The molecule has 0 fully saturated rings. The van der Waals surface area contributed by atoms with E-state index in [1.54, 1.807) is 5.32 Å². The molecule has 0 aromatic carbocycles. The number of halogens is 4. The van der Waals surface area contributed by atoms with Crippen molar-refractivity contribution in [3.8, 4) is 0 Å². The molecule has 10 heteroatoms. The number of aliphatic carboxylic acids is 1. The fourth-order valence-electron chi connectivity index (χ4n) is 0.967. The van der Waals surface area contributed by atoms with Gasteiger partial charge in [-0.25, -0.2) is 13.6 Å². The molecular formula is C10H14F4N2O4. The van der Waals surface area contributed by atoms with E-state index in [1.807, 2.05) is 0 Å². The van der Waals surface area contributed by atoms with Crippen LogP contribution in [0.15, 0.2) is 0 Å². The number of carboxylic acids is 1. The third-order valence-corrected chi connectivity index (χ3v) is 2.24. The SMILES string of the molecule is CC(C)(CC(=O)NC(=O)NCC(F)(F)C(F)F)C(=O)O. The number of hydrogen-bond acceptors (Lipinski definition) is 3. The zero-order valence-corrected chi connectivity index (χ0v) is 10.7. The van der Waals surface area contributed by atoms with Gasteiger partial charge in [-0.2, -0.15) is 8.78 Å². The lowest BCUT2D eigenvalue weighted by atomic mass is 9.89. The summed E-state index contributed by atoms with van der Waals surface area (Å²) in [6, 6.07) is -1.41. The van der Waals surface area contributed by atoms with E-state index in [4.69, 9.17) is 5.11 Å². The summed E-state index contributed by atoms with van der Waals surface area (Å²) in [4.78, 5) is 33.0. The zero-order valence-electron chi connectivity index (χ0n) is 10.7. The molecule has 116 valence electrons. The van der Waals surface area contributed by atoms with Crippen LogP contribution in [0.1, 0.15) is 20.3 Å². The van der Waals surface area contributed by atoms with E-state index >= 15 is 0 Å². The van der Waals surface area contributed by atoms with Crippen molar-refractivity contribution in [2.45, 2.75) is 32.6 Å². The van der Waals surface area contributed by atoms with E-state index in [-0.39, 0.29) is 0 Å². The molecule has 0 aromatic heterocycles. The van der Waals surface area contributed by atoms with Gasteiger partial charge in [-0.1, -0.05) is 0 Å². The van der Waals surface area contributed by atoms with Crippen LogP contribution < -0.4 is 10.6 Å². The number of nitrogens with one attached hydrogen (secondary N) is 2. The van der Waals surface area contributed by atoms with Gasteiger partial charge >= 0.3 is 24.3 Å². The molecule has 3 N–H and O–H groups in total. The van der Waals surface area contributed by atoms with E-state index in [1.165, 1.54) is 19.2 Å². The quantitative estimate of drug-likeness (QED) is 0.643. The fourth-order valence-corrected chi connectivity index (χ4v) is 0.967. The Hall–Kier alpha value is -1.87. The molecule has 0 radical (unpaired) electrons. The first-order valence-corrected chi connectivity index (χ1v) is 5.35. The Labute approximate surface area is 111 Å². The normalized spacial score (nSPS) is 12.2. The fraction of sp³-hybridized carbons (Fsp3) is 0.700. The number of carbonyl (C=O) groups is 3. The topological polar surface area (TPSA) is 95.5 Å². The predicted octanol–water partition coefficient (Wildman–Crippen LogP) is 1.21. The van der Waals surface area contributed by atoms with Crippen molar-refractivity contribution in [1.29, 1.82) is 0 Å². The standard InChI is InChI=1S/C10H14F4N2O4/c1-9(2,7(18)19)3-5(17)16-8(20)15-4-10(13,14)6(11)12/h6H,3-4H2,1-2H3,(H,18,19)(H2,15,16,17,20). The number of rotatable bonds is 6. The first kappa shape index (κ1) is 18.1. The van der Waals surface area contributed by atoms with Gasteiger partial charge in [0.25, 0.3) is 0 Å². The number of carbonyl (C=O) groups excluding carboxylic acids is 2. The van der Waals surface area contributed by atoms with Crippen LogP contribution in [-0.4, -0.2) is 41.9 Å².